The van der Waals surface area contributed by atoms with Gasteiger partial charge in [-0.05, 0) is 26.2 Å². The fraction of sp³-hybridized carbons (Fsp3) is 0.923. The Kier molecular flexibility index (Phi) is 7.80. The minimum Gasteiger partial charge on any atom is -0.354 e. The SMILES string of the molecule is CC(C)(N)CNC(=O)CCC1CCCCC1.Cl. The van der Waals surface area contributed by atoms with Crippen molar-refractivity contribution in [3.63, 3.8) is 0 Å². The third-order valence-corrected chi connectivity index (χ3v) is 3.25. The number of amides is 1. The second kappa shape index (κ2) is 7.93. The molecular formula is C13H27ClN2O. The molecule has 0 spiro atoms. The highest BCUT2D eigenvalue weighted by Crippen LogP contribution is 2.27. The molecule has 1 fully saturated rings. The second-order valence-corrected chi connectivity index (χ2v) is 5.81. The van der Waals surface area contributed by atoms with Crippen LogP contribution in [0.1, 0.15) is 58.8 Å². The Morgan fingerprint density at radius 3 is 2.41 bits per heavy atom. The lowest BCUT2D eigenvalue weighted by atomic mass is 9.86. The maximum Gasteiger partial charge on any atom is 0.220 e. The van der Waals surface area contributed by atoms with E-state index in [9.17, 15) is 4.79 Å². The number of rotatable bonds is 5. The van der Waals surface area contributed by atoms with Crippen LogP contribution < -0.4 is 11.1 Å². The Morgan fingerprint density at radius 2 is 1.88 bits per heavy atom. The molecule has 1 rings (SSSR count). The van der Waals surface area contributed by atoms with Crippen molar-refractivity contribution in [2.45, 2.75) is 64.3 Å². The summed E-state index contributed by atoms with van der Waals surface area (Å²) in [6.45, 7) is 4.42. The first-order valence-electron chi connectivity index (χ1n) is 6.53. The van der Waals surface area contributed by atoms with Crippen molar-refractivity contribution in [1.29, 1.82) is 0 Å². The van der Waals surface area contributed by atoms with Crippen molar-refractivity contribution < 1.29 is 4.79 Å². The van der Waals surface area contributed by atoms with Crippen molar-refractivity contribution in [3.8, 4) is 0 Å². The highest BCUT2D eigenvalue weighted by molar-refractivity contribution is 5.85. The lowest BCUT2D eigenvalue weighted by Gasteiger charge is -2.22. The Bertz CT molecular complexity index is 220. The van der Waals surface area contributed by atoms with E-state index >= 15 is 0 Å². The first-order valence-corrected chi connectivity index (χ1v) is 6.53. The molecule has 1 aliphatic carbocycles. The number of carbonyl (C=O) groups is 1. The zero-order valence-electron chi connectivity index (χ0n) is 11.1. The van der Waals surface area contributed by atoms with E-state index in [-0.39, 0.29) is 23.9 Å². The predicted molar refractivity (Wildman–Crippen MR) is 74.3 cm³/mol. The van der Waals surface area contributed by atoms with Gasteiger partial charge in [0.2, 0.25) is 5.91 Å². The van der Waals surface area contributed by atoms with Gasteiger partial charge in [-0.25, -0.2) is 0 Å². The molecule has 1 saturated carbocycles. The van der Waals surface area contributed by atoms with Crippen LogP contribution in [0.3, 0.4) is 0 Å². The van der Waals surface area contributed by atoms with Gasteiger partial charge >= 0.3 is 0 Å². The molecule has 0 aliphatic heterocycles. The van der Waals surface area contributed by atoms with E-state index in [2.05, 4.69) is 5.32 Å². The molecule has 4 heteroatoms. The molecule has 0 heterocycles. The zero-order valence-corrected chi connectivity index (χ0v) is 11.9. The molecule has 3 N–H and O–H groups in total. The van der Waals surface area contributed by atoms with Gasteiger partial charge in [-0.2, -0.15) is 0 Å². The largest absolute Gasteiger partial charge is 0.354 e. The summed E-state index contributed by atoms with van der Waals surface area (Å²) in [6.07, 6.45) is 8.43. The van der Waals surface area contributed by atoms with Gasteiger partial charge in [-0.3, -0.25) is 4.79 Å². The highest BCUT2D eigenvalue weighted by Gasteiger charge is 2.16. The van der Waals surface area contributed by atoms with Crippen molar-refractivity contribution in [3.05, 3.63) is 0 Å². The second-order valence-electron chi connectivity index (χ2n) is 5.81. The van der Waals surface area contributed by atoms with E-state index < -0.39 is 0 Å². The third kappa shape index (κ3) is 8.44. The molecule has 0 radical (unpaired) electrons. The number of hydrogen-bond donors (Lipinski definition) is 2. The van der Waals surface area contributed by atoms with Crippen LogP contribution in [0.25, 0.3) is 0 Å². The minimum atomic E-state index is -0.305. The van der Waals surface area contributed by atoms with Crippen LogP contribution in [0.5, 0.6) is 0 Å². The van der Waals surface area contributed by atoms with Crippen LogP contribution in [0.4, 0.5) is 0 Å². The van der Waals surface area contributed by atoms with Crippen molar-refractivity contribution in [2.75, 3.05) is 6.54 Å². The predicted octanol–water partition coefficient (Wildman–Crippen LogP) is 2.62. The van der Waals surface area contributed by atoms with Gasteiger partial charge in [0, 0.05) is 18.5 Å². The topological polar surface area (TPSA) is 55.1 Å². The third-order valence-electron chi connectivity index (χ3n) is 3.25. The van der Waals surface area contributed by atoms with Crippen LogP contribution in [-0.2, 0) is 4.79 Å². The summed E-state index contributed by atoms with van der Waals surface area (Å²) in [5, 5.41) is 2.90. The summed E-state index contributed by atoms with van der Waals surface area (Å²) in [6, 6.07) is 0. The molecule has 0 saturated heterocycles. The van der Waals surface area contributed by atoms with Gasteiger partial charge in [0.1, 0.15) is 0 Å². The fourth-order valence-electron chi connectivity index (χ4n) is 2.23. The standard InChI is InChI=1S/C13H26N2O.ClH/c1-13(2,14)10-15-12(16)9-8-11-6-4-3-5-7-11;/h11H,3-10,14H2,1-2H3,(H,15,16);1H. The van der Waals surface area contributed by atoms with E-state index in [0.717, 1.165) is 12.3 Å². The maximum absolute atomic E-state index is 11.6. The van der Waals surface area contributed by atoms with Crippen LogP contribution >= 0.6 is 12.4 Å². The van der Waals surface area contributed by atoms with Gasteiger partial charge in [0.25, 0.3) is 0 Å². The molecular weight excluding hydrogens is 236 g/mol. The van der Waals surface area contributed by atoms with Crippen molar-refractivity contribution in [1.82, 2.24) is 5.32 Å². The number of halogens is 1. The number of carbonyl (C=O) groups excluding carboxylic acids is 1. The number of nitrogens with one attached hydrogen (secondary N) is 1. The first kappa shape index (κ1) is 16.7. The Hall–Kier alpha value is -0.280. The zero-order chi connectivity index (χ0) is 12.0. The molecule has 17 heavy (non-hydrogen) atoms. The first-order chi connectivity index (χ1) is 7.47. The lowest BCUT2D eigenvalue weighted by Crippen LogP contribution is -2.45. The summed E-state index contributed by atoms with van der Waals surface area (Å²) >= 11 is 0. The number of hydrogen-bond acceptors (Lipinski definition) is 2. The molecule has 0 aromatic carbocycles. The molecule has 1 amide bonds. The summed E-state index contributed by atoms with van der Waals surface area (Å²) in [7, 11) is 0. The van der Waals surface area contributed by atoms with Gasteiger partial charge in [-0.1, -0.05) is 32.1 Å². The molecule has 0 atom stereocenters. The van der Waals surface area contributed by atoms with E-state index in [0.29, 0.717) is 13.0 Å². The highest BCUT2D eigenvalue weighted by atomic mass is 35.5. The Balaban J connectivity index is 0.00000256. The van der Waals surface area contributed by atoms with Gasteiger partial charge in [-0.15, -0.1) is 12.4 Å². The molecule has 1 aliphatic rings. The van der Waals surface area contributed by atoms with Crippen LogP contribution in [-0.4, -0.2) is 18.0 Å². The van der Waals surface area contributed by atoms with Crippen LogP contribution in [0, 0.1) is 5.92 Å². The maximum atomic E-state index is 11.6. The Morgan fingerprint density at radius 1 is 1.29 bits per heavy atom. The molecule has 0 unspecified atom stereocenters. The quantitative estimate of drug-likeness (QED) is 0.800. The summed E-state index contributed by atoms with van der Waals surface area (Å²) in [5.74, 6) is 0.939. The fourth-order valence-corrected chi connectivity index (χ4v) is 2.23. The van der Waals surface area contributed by atoms with E-state index in [1.54, 1.807) is 0 Å². The molecule has 0 aromatic heterocycles. The van der Waals surface area contributed by atoms with Gasteiger partial charge in [0.05, 0.1) is 0 Å². The summed E-state index contributed by atoms with van der Waals surface area (Å²) < 4.78 is 0. The average molecular weight is 263 g/mol. The summed E-state index contributed by atoms with van der Waals surface area (Å²) in [5.41, 5.74) is 5.50. The minimum absolute atomic E-state index is 0. The van der Waals surface area contributed by atoms with E-state index in [1.165, 1.54) is 32.1 Å². The van der Waals surface area contributed by atoms with Crippen molar-refractivity contribution >= 4 is 18.3 Å². The lowest BCUT2D eigenvalue weighted by molar-refractivity contribution is -0.121. The van der Waals surface area contributed by atoms with Crippen LogP contribution in [0.15, 0.2) is 0 Å². The smallest absolute Gasteiger partial charge is 0.220 e. The van der Waals surface area contributed by atoms with E-state index in [4.69, 9.17) is 5.73 Å². The van der Waals surface area contributed by atoms with Gasteiger partial charge < -0.3 is 11.1 Å². The van der Waals surface area contributed by atoms with Crippen molar-refractivity contribution in [2.24, 2.45) is 11.7 Å². The molecule has 3 nitrogen and oxygen atoms in total. The average Bonchev–Trinajstić information content (AvgIpc) is 2.24. The van der Waals surface area contributed by atoms with Gasteiger partial charge in [0.15, 0.2) is 0 Å². The van der Waals surface area contributed by atoms with E-state index in [1.807, 2.05) is 13.8 Å². The van der Waals surface area contributed by atoms with Crippen LogP contribution in [0.2, 0.25) is 0 Å². The summed E-state index contributed by atoms with van der Waals surface area (Å²) in [4.78, 5) is 11.6. The molecule has 102 valence electrons. The monoisotopic (exact) mass is 262 g/mol. The number of nitrogens with two attached hydrogens (primary N) is 1. The Labute approximate surface area is 111 Å². The normalized spacial score (nSPS) is 17.4. The molecule has 0 bridgehead atoms. The molecule has 0 aromatic rings.